The second-order valence-corrected chi connectivity index (χ2v) is 6.14. The van der Waals surface area contributed by atoms with Gasteiger partial charge in [0, 0.05) is 18.2 Å². The Morgan fingerprint density at radius 2 is 1.95 bits per heavy atom. The van der Waals surface area contributed by atoms with Crippen LogP contribution in [0.2, 0.25) is 5.02 Å². The number of aryl methyl sites for hydroxylation is 2. The fourth-order valence-electron chi connectivity index (χ4n) is 2.24. The van der Waals surface area contributed by atoms with E-state index in [1.54, 1.807) is 0 Å². The summed E-state index contributed by atoms with van der Waals surface area (Å²) >= 11 is 6.33. The van der Waals surface area contributed by atoms with E-state index in [-0.39, 0.29) is 0 Å². The van der Waals surface area contributed by atoms with Gasteiger partial charge in [-0.05, 0) is 56.0 Å². The molecule has 2 aromatic rings. The number of para-hydroxylation sites is 1. The molecule has 110 valence electrons. The van der Waals surface area contributed by atoms with Gasteiger partial charge in [0.2, 0.25) is 0 Å². The van der Waals surface area contributed by atoms with E-state index in [9.17, 15) is 0 Å². The maximum absolute atomic E-state index is 6.33. The van der Waals surface area contributed by atoms with E-state index in [1.165, 1.54) is 24.0 Å². The molecule has 2 nitrogen and oxygen atoms in total. The third-order valence-electron chi connectivity index (χ3n) is 3.91. The van der Waals surface area contributed by atoms with Crippen molar-refractivity contribution in [3.8, 4) is 11.5 Å². The van der Waals surface area contributed by atoms with Crippen molar-refractivity contribution in [2.45, 2.75) is 39.3 Å². The first-order valence-electron chi connectivity index (χ1n) is 7.39. The van der Waals surface area contributed by atoms with Crippen LogP contribution in [0.25, 0.3) is 0 Å². The summed E-state index contributed by atoms with van der Waals surface area (Å²) in [6, 6.07) is 12.7. The SMILES string of the molecule is Cc1ccc(Oc2c(Cl)cccc2CNC2CC2)cc1C. The standard InChI is InChI=1S/C18H20ClNO/c1-12-6-9-16(10-13(12)2)21-18-14(4-3-5-17(18)19)11-20-15-7-8-15/h3-6,9-10,15,20H,7-8,11H2,1-2H3. The molecule has 0 bridgehead atoms. The highest BCUT2D eigenvalue weighted by Crippen LogP contribution is 2.34. The largest absolute Gasteiger partial charge is 0.455 e. The molecular formula is C18H20ClNO. The van der Waals surface area contributed by atoms with Crippen molar-refractivity contribution in [1.82, 2.24) is 5.32 Å². The van der Waals surface area contributed by atoms with E-state index in [1.807, 2.05) is 18.2 Å². The number of rotatable bonds is 5. The Hall–Kier alpha value is -1.51. The van der Waals surface area contributed by atoms with Gasteiger partial charge in [0.25, 0.3) is 0 Å². The Bertz CT molecular complexity index is 650. The van der Waals surface area contributed by atoms with Gasteiger partial charge in [0.1, 0.15) is 11.5 Å². The molecule has 0 amide bonds. The highest BCUT2D eigenvalue weighted by molar-refractivity contribution is 6.32. The molecule has 21 heavy (non-hydrogen) atoms. The third-order valence-corrected chi connectivity index (χ3v) is 4.20. The Balaban J connectivity index is 1.83. The summed E-state index contributed by atoms with van der Waals surface area (Å²) in [5, 5.41) is 4.16. The summed E-state index contributed by atoms with van der Waals surface area (Å²) in [6.45, 7) is 4.98. The van der Waals surface area contributed by atoms with Crippen LogP contribution in [0.3, 0.4) is 0 Å². The first-order valence-corrected chi connectivity index (χ1v) is 7.77. The van der Waals surface area contributed by atoms with E-state index in [2.05, 4.69) is 37.4 Å². The number of benzene rings is 2. The molecule has 0 aromatic heterocycles. The minimum absolute atomic E-state index is 0.656. The highest BCUT2D eigenvalue weighted by Gasteiger charge is 2.21. The van der Waals surface area contributed by atoms with Gasteiger partial charge in [-0.15, -0.1) is 0 Å². The molecule has 2 aromatic carbocycles. The zero-order chi connectivity index (χ0) is 14.8. The van der Waals surface area contributed by atoms with Crippen molar-refractivity contribution in [3.05, 3.63) is 58.1 Å². The predicted octanol–water partition coefficient (Wildman–Crippen LogP) is 5.00. The van der Waals surface area contributed by atoms with Crippen LogP contribution in [0.5, 0.6) is 11.5 Å². The van der Waals surface area contributed by atoms with Gasteiger partial charge in [0.05, 0.1) is 5.02 Å². The molecule has 1 aliphatic carbocycles. The van der Waals surface area contributed by atoms with Gasteiger partial charge in [-0.1, -0.05) is 29.8 Å². The monoisotopic (exact) mass is 301 g/mol. The molecule has 0 atom stereocenters. The molecule has 0 heterocycles. The van der Waals surface area contributed by atoms with Crippen LogP contribution in [0.15, 0.2) is 36.4 Å². The minimum atomic E-state index is 0.656. The lowest BCUT2D eigenvalue weighted by Gasteiger charge is -2.14. The van der Waals surface area contributed by atoms with Gasteiger partial charge in [-0.3, -0.25) is 0 Å². The normalized spacial score (nSPS) is 14.2. The van der Waals surface area contributed by atoms with Crippen molar-refractivity contribution in [2.75, 3.05) is 0 Å². The number of halogens is 1. The molecule has 3 rings (SSSR count). The fourth-order valence-corrected chi connectivity index (χ4v) is 2.48. The zero-order valence-corrected chi connectivity index (χ0v) is 13.2. The Labute approximate surface area is 131 Å². The van der Waals surface area contributed by atoms with Gasteiger partial charge in [0.15, 0.2) is 0 Å². The van der Waals surface area contributed by atoms with Gasteiger partial charge in [-0.2, -0.15) is 0 Å². The average molecular weight is 302 g/mol. The number of hydrogen-bond donors (Lipinski definition) is 1. The third kappa shape index (κ3) is 3.58. The Kier molecular flexibility index (Phi) is 4.18. The first kappa shape index (κ1) is 14.4. The van der Waals surface area contributed by atoms with Crippen LogP contribution in [-0.4, -0.2) is 6.04 Å². The highest BCUT2D eigenvalue weighted by atomic mass is 35.5. The smallest absolute Gasteiger partial charge is 0.150 e. The summed E-state index contributed by atoms with van der Waals surface area (Å²) < 4.78 is 6.06. The van der Waals surface area contributed by atoms with Crippen LogP contribution in [0.1, 0.15) is 29.5 Å². The molecule has 1 aliphatic rings. The maximum atomic E-state index is 6.33. The van der Waals surface area contributed by atoms with Crippen molar-refractivity contribution in [3.63, 3.8) is 0 Å². The van der Waals surface area contributed by atoms with E-state index in [0.717, 1.165) is 23.6 Å². The molecule has 0 spiro atoms. The maximum Gasteiger partial charge on any atom is 0.150 e. The van der Waals surface area contributed by atoms with Crippen LogP contribution < -0.4 is 10.1 Å². The van der Waals surface area contributed by atoms with Crippen molar-refractivity contribution in [2.24, 2.45) is 0 Å². The van der Waals surface area contributed by atoms with Crippen molar-refractivity contribution >= 4 is 11.6 Å². The van der Waals surface area contributed by atoms with Gasteiger partial charge < -0.3 is 10.1 Å². The first-order chi connectivity index (χ1) is 10.1. The van der Waals surface area contributed by atoms with E-state index in [0.29, 0.717) is 11.1 Å². The quantitative estimate of drug-likeness (QED) is 0.839. The molecule has 1 saturated carbocycles. The molecule has 0 aliphatic heterocycles. The lowest BCUT2D eigenvalue weighted by atomic mass is 10.1. The summed E-state index contributed by atoms with van der Waals surface area (Å²) in [7, 11) is 0. The summed E-state index contributed by atoms with van der Waals surface area (Å²) in [6.07, 6.45) is 2.54. The van der Waals surface area contributed by atoms with Crippen LogP contribution in [0.4, 0.5) is 0 Å². The van der Waals surface area contributed by atoms with Crippen molar-refractivity contribution in [1.29, 1.82) is 0 Å². The minimum Gasteiger partial charge on any atom is -0.455 e. The number of hydrogen-bond acceptors (Lipinski definition) is 2. The fraction of sp³-hybridized carbons (Fsp3) is 0.333. The number of nitrogens with one attached hydrogen (secondary N) is 1. The lowest BCUT2D eigenvalue weighted by molar-refractivity contribution is 0.472. The molecule has 0 saturated heterocycles. The summed E-state index contributed by atoms with van der Waals surface area (Å²) in [5.74, 6) is 1.59. The Morgan fingerprint density at radius 3 is 2.67 bits per heavy atom. The van der Waals surface area contributed by atoms with E-state index < -0.39 is 0 Å². The van der Waals surface area contributed by atoms with Crippen LogP contribution in [0, 0.1) is 13.8 Å². The molecule has 1 fully saturated rings. The van der Waals surface area contributed by atoms with E-state index in [4.69, 9.17) is 16.3 Å². The van der Waals surface area contributed by atoms with Crippen LogP contribution in [-0.2, 0) is 6.54 Å². The van der Waals surface area contributed by atoms with Crippen molar-refractivity contribution < 1.29 is 4.74 Å². The molecular weight excluding hydrogens is 282 g/mol. The Morgan fingerprint density at radius 1 is 1.14 bits per heavy atom. The molecule has 3 heteroatoms. The number of ether oxygens (including phenoxy) is 1. The molecule has 0 unspecified atom stereocenters. The second-order valence-electron chi connectivity index (χ2n) is 5.73. The summed E-state index contributed by atoms with van der Waals surface area (Å²) in [5.41, 5.74) is 3.59. The molecule has 1 N–H and O–H groups in total. The lowest BCUT2D eigenvalue weighted by Crippen LogP contribution is -2.15. The topological polar surface area (TPSA) is 21.3 Å². The van der Waals surface area contributed by atoms with E-state index >= 15 is 0 Å². The van der Waals surface area contributed by atoms with Gasteiger partial charge >= 0.3 is 0 Å². The average Bonchev–Trinajstić information content (AvgIpc) is 3.28. The zero-order valence-electron chi connectivity index (χ0n) is 12.4. The predicted molar refractivity (Wildman–Crippen MR) is 87.3 cm³/mol. The summed E-state index contributed by atoms with van der Waals surface area (Å²) in [4.78, 5) is 0. The molecule has 0 radical (unpaired) electrons. The van der Waals surface area contributed by atoms with Crippen LogP contribution >= 0.6 is 11.6 Å². The second kappa shape index (κ2) is 6.08. The van der Waals surface area contributed by atoms with Gasteiger partial charge in [-0.25, -0.2) is 0 Å².